The molecule has 2 aromatic rings. The molecule has 0 radical (unpaired) electrons. The predicted molar refractivity (Wildman–Crippen MR) is 125 cm³/mol. The molecule has 1 aliphatic heterocycles. The van der Waals surface area contributed by atoms with Gasteiger partial charge in [-0.15, -0.1) is 0 Å². The van der Waals surface area contributed by atoms with Gasteiger partial charge in [0.25, 0.3) is 10.0 Å². The summed E-state index contributed by atoms with van der Waals surface area (Å²) in [6.45, 7) is 6.80. The van der Waals surface area contributed by atoms with Crippen molar-refractivity contribution >= 4 is 50.3 Å². The van der Waals surface area contributed by atoms with Crippen LogP contribution in [0.5, 0.6) is 0 Å². The number of nitrogens with one attached hydrogen (secondary N) is 3. The van der Waals surface area contributed by atoms with Gasteiger partial charge in [0, 0.05) is 42.6 Å². The van der Waals surface area contributed by atoms with Gasteiger partial charge in [-0.1, -0.05) is 17.7 Å². The fourth-order valence-corrected chi connectivity index (χ4v) is 4.38. The average Bonchev–Trinajstić information content (AvgIpc) is 2.72. The number of benzene rings is 2. The number of morpholine rings is 1. The van der Waals surface area contributed by atoms with Gasteiger partial charge in [0.15, 0.2) is 5.11 Å². The molecule has 3 rings (SSSR count). The lowest BCUT2D eigenvalue weighted by atomic mass is 10.2. The average molecular weight is 469 g/mol. The summed E-state index contributed by atoms with van der Waals surface area (Å²) < 4.78 is 33.4. The van der Waals surface area contributed by atoms with E-state index in [0.717, 1.165) is 38.4 Å². The Balaban J connectivity index is 1.60. The first-order valence-electron chi connectivity index (χ1n) is 9.57. The van der Waals surface area contributed by atoms with E-state index in [1.165, 1.54) is 0 Å². The Hall–Kier alpha value is -1.91. The highest BCUT2D eigenvalue weighted by molar-refractivity contribution is 7.92. The van der Waals surface area contributed by atoms with Crippen LogP contribution in [0, 0.1) is 6.92 Å². The maximum atomic E-state index is 12.7. The normalized spacial score (nSPS) is 14.9. The Bertz CT molecular complexity index is 978. The third kappa shape index (κ3) is 6.55. The Kier molecular flexibility index (Phi) is 7.90. The van der Waals surface area contributed by atoms with Gasteiger partial charge < -0.3 is 15.4 Å². The standard InChI is InChI=1S/C20H25ClN4O3S2/c1-15-2-7-18(30(26,27)24-17-5-3-16(21)4-6-17)14-19(15)23-20(29)22-8-9-25-10-12-28-13-11-25/h2-7,14,24H,8-13H2,1H3,(H2,22,23,29). The number of sulfonamides is 1. The molecular weight excluding hydrogens is 444 g/mol. The molecule has 0 amide bonds. The summed E-state index contributed by atoms with van der Waals surface area (Å²) in [5.41, 5.74) is 1.96. The number of hydrogen-bond acceptors (Lipinski definition) is 5. The molecular formula is C20H25ClN4O3S2. The van der Waals surface area contributed by atoms with E-state index in [4.69, 9.17) is 28.6 Å². The Morgan fingerprint density at radius 1 is 1.17 bits per heavy atom. The van der Waals surface area contributed by atoms with Crippen LogP contribution in [0.2, 0.25) is 5.02 Å². The highest BCUT2D eigenvalue weighted by atomic mass is 35.5. The van der Waals surface area contributed by atoms with Crippen LogP contribution >= 0.6 is 23.8 Å². The second-order valence-electron chi connectivity index (χ2n) is 6.92. The first-order valence-corrected chi connectivity index (χ1v) is 11.8. The van der Waals surface area contributed by atoms with Crippen LogP contribution in [0.1, 0.15) is 5.56 Å². The quantitative estimate of drug-likeness (QED) is 0.538. The lowest BCUT2D eigenvalue weighted by molar-refractivity contribution is 0.0389. The second-order valence-corrected chi connectivity index (χ2v) is 9.45. The van der Waals surface area contributed by atoms with Crippen molar-refractivity contribution < 1.29 is 13.2 Å². The second kappa shape index (κ2) is 10.4. The summed E-state index contributed by atoms with van der Waals surface area (Å²) in [6, 6.07) is 11.4. The molecule has 1 saturated heterocycles. The van der Waals surface area contributed by atoms with E-state index >= 15 is 0 Å². The molecule has 0 atom stereocenters. The van der Waals surface area contributed by atoms with Crippen LogP contribution in [0.15, 0.2) is 47.4 Å². The van der Waals surface area contributed by atoms with Gasteiger partial charge in [-0.2, -0.15) is 0 Å². The first-order chi connectivity index (χ1) is 14.3. The van der Waals surface area contributed by atoms with Crippen LogP contribution in [-0.4, -0.2) is 57.8 Å². The van der Waals surface area contributed by atoms with Crippen LogP contribution in [0.3, 0.4) is 0 Å². The number of aryl methyl sites for hydroxylation is 1. The smallest absolute Gasteiger partial charge is 0.261 e. The van der Waals surface area contributed by atoms with Crippen molar-refractivity contribution in [3.05, 3.63) is 53.1 Å². The minimum atomic E-state index is -3.75. The molecule has 0 saturated carbocycles. The van der Waals surface area contributed by atoms with Gasteiger partial charge in [0.1, 0.15) is 0 Å². The molecule has 1 heterocycles. The zero-order valence-corrected chi connectivity index (χ0v) is 19.0. The van der Waals surface area contributed by atoms with Crippen molar-refractivity contribution in [3.8, 4) is 0 Å². The predicted octanol–water partition coefficient (Wildman–Crippen LogP) is 3.07. The summed E-state index contributed by atoms with van der Waals surface area (Å²) in [4.78, 5) is 2.45. The Morgan fingerprint density at radius 3 is 2.57 bits per heavy atom. The first kappa shape index (κ1) is 22.8. The lowest BCUT2D eigenvalue weighted by Crippen LogP contribution is -2.42. The van der Waals surface area contributed by atoms with E-state index in [2.05, 4.69) is 20.3 Å². The number of halogens is 1. The summed E-state index contributed by atoms with van der Waals surface area (Å²) in [5.74, 6) is 0. The SMILES string of the molecule is Cc1ccc(S(=O)(=O)Nc2ccc(Cl)cc2)cc1NC(=S)NCCN1CCOCC1. The molecule has 0 unspecified atom stereocenters. The summed E-state index contributed by atoms with van der Waals surface area (Å²) >= 11 is 11.2. The number of nitrogens with zero attached hydrogens (tertiary/aromatic N) is 1. The Labute approximate surface area is 187 Å². The molecule has 2 aromatic carbocycles. The van der Waals surface area contributed by atoms with Crippen molar-refractivity contribution in [2.45, 2.75) is 11.8 Å². The third-order valence-electron chi connectivity index (χ3n) is 4.68. The van der Waals surface area contributed by atoms with E-state index in [0.29, 0.717) is 28.1 Å². The molecule has 0 aromatic heterocycles. The van der Waals surface area contributed by atoms with E-state index in [1.54, 1.807) is 42.5 Å². The third-order valence-corrected chi connectivity index (χ3v) is 6.56. The van der Waals surface area contributed by atoms with Gasteiger partial charge in [0.2, 0.25) is 0 Å². The summed E-state index contributed by atoms with van der Waals surface area (Å²) in [7, 11) is -3.75. The van der Waals surface area contributed by atoms with Gasteiger partial charge in [-0.3, -0.25) is 9.62 Å². The molecule has 10 heteroatoms. The number of anilines is 2. The monoisotopic (exact) mass is 468 g/mol. The fraction of sp³-hybridized carbons (Fsp3) is 0.350. The molecule has 162 valence electrons. The molecule has 1 aliphatic rings. The molecule has 0 spiro atoms. The minimum absolute atomic E-state index is 0.140. The van der Waals surface area contributed by atoms with Crippen LogP contribution in [0.25, 0.3) is 0 Å². The number of thiocarbonyl (C=S) groups is 1. The van der Waals surface area contributed by atoms with Crippen molar-refractivity contribution in [1.29, 1.82) is 0 Å². The highest BCUT2D eigenvalue weighted by Crippen LogP contribution is 2.23. The van der Waals surface area contributed by atoms with Crippen molar-refractivity contribution in [1.82, 2.24) is 10.2 Å². The van der Waals surface area contributed by atoms with Gasteiger partial charge in [-0.25, -0.2) is 8.42 Å². The van der Waals surface area contributed by atoms with E-state index in [1.807, 2.05) is 6.92 Å². The zero-order valence-electron chi connectivity index (χ0n) is 16.7. The van der Waals surface area contributed by atoms with E-state index in [-0.39, 0.29) is 4.90 Å². The maximum absolute atomic E-state index is 12.7. The van der Waals surface area contributed by atoms with Gasteiger partial charge >= 0.3 is 0 Å². The van der Waals surface area contributed by atoms with E-state index < -0.39 is 10.0 Å². The van der Waals surface area contributed by atoms with Crippen molar-refractivity contribution in [2.24, 2.45) is 0 Å². The Morgan fingerprint density at radius 2 is 1.87 bits per heavy atom. The van der Waals surface area contributed by atoms with Crippen LogP contribution < -0.4 is 15.4 Å². The lowest BCUT2D eigenvalue weighted by Gasteiger charge is -2.26. The largest absolute Gasteiger partial charge is 0.379 e. The van der Waals surface area contributed by atoms with E-state index in [9.17, 15) is 8.42 Å². The van der Waals surface area contributed by atoms with Crippen molar-refractivity contribution in [3.63, 3.8) is 0 Å². The van der Waals surface area contributed by atoms with Crippen molar-refractivity contribution in [2.75, 3.05) is 49.4 Å². The molecule has 0 bridgehead atoms. The molecule has 7 nitrogen and oxygen atoms in total. The molecule has 30 heavy (non-hydrogen) atoms. The fourth-order valence-electron chi connectivity index (χ4n) is 2.95. The maximum Gasteiger partial charge on any atom is 0.261 e. The van der Waals surface area contributed by atoms with Crippen LogP contribution in [0.4, 0.5) is 11.4 Å². The molecule has 0 aliphatic carbocycles. The van der Waals surface area contributed by atoms with Gasteiger partial charge in [-0.05, 0) is 61.1 Å². The molecule has 3 N–H and O–H groups in total. The van der Waals surface area contributed by atoms with Gasteiger partial charge in [0.05, 0.1) is 18.1 Å². The number of hydrogen-bond donors (Lipinski definition) is 3. The topological polar surface area (TPSA) is 82.7 Å². The highest BCUT2D eigenvalue weighted by Gasteiger charge is 2.16. The summed E-state index contributed by atoms with van der Waals surface area (Å²) in [6.07, 6.45) is 0. The molecule has 1 fully saturated rings. The number of rotatable bonds is 7. The van der Waals surface area contributed by atoms with Crippen LogP contribution in [-0.2, 0) is 14.8 Å². The number of ether oxygens (including phenoxy) is 1. The zero-order chi connectivity index (χ0) is 21.6. The summed E-state index contributed by atoms with van der Waals surface area (Å²) in [5, 5.41) is 7.26. The minimum Gasteiger partial charge on any atom is -0.379 e.